The van der Waals surface area contributed by atoms with Crippen molar-refractivity contribution in [1.29, 1.82) is 0 Å². The molecule has 3 rings (SSSR count). The monoisotopic (exact) mass is 237 g/mol. The summed E-state index contributed by atoms with van der Waals surface area (Å²) in [6.45, 7) is 2.71. The molecule has 18 heavy (non-hydrogen) atoms. The molecule has 1 aliphatic rings. The van der Waals surface area contributed by atoms with Gasteiger partial charge in [-0.3, -0.25) is 0 Å². The topological polar surface area (TPSA) is 21.6 Å². The smallest absolute Gasteiger partial charge is 0.217 e. The zero-order valence-corrected chi connectivity index (χ0v) is 10.3. The predicted octanol–water partition coefficient (Wildman–Crippen LogP) is 3.38. The van der Waals surface area contributed by atoms with Gasteiger partial charge in [-0.25, -0.2) is 4.99 Å². The first-order chi connectivity index (χ1) is 8.78. The van der Waals surface area contributed by atoms with Crippen LogP contribution in [0.1, 0.15) is 18.1 Å². The molecule has 0 radical (unpaired) electrons. The first-order valence-electron chi connectivity index (χ1n) is 6.11. The molecule has 0 N–H and O–H groups in total. The highest BCUT2D eigenvalue weighted by molar-refractivity contribution is 5.95. The molecule has 2 nitrogen and oxygen atoms in total. The lowest BCUT2D eigenvalue weighted by atomic mass is 9.94. The Morgan fingerprint density at radius 2 is 1.56 bits per heavy atom. The number of aliphatic imine (C=N–C) groups is 1. The van der Waals surface area contributed by atoms with Crippen LogP contribution in [0.3, 0.4) is 0 Å². The van der Waals surface area contributed by atoms with Crippen molar-refractivity contribution in [3.63, 3.8) is 0 Å². The third-order valence-corrected chi connectivity index (χ3v) is 3.25. The summed E-state index contributed by atoms with van der Waals surface area (Å²) in [5.41, 5.74) is 1.96. The van der Waals surface area contributed by atoms with E-state index in [0.29, 0.717) is 6.61 Å². The van der Waals surface area contributed by atoms with Crippen LogP contribution in [0.2, 0.25) is 0 Å². The molecule has 0 amide bonds. The molecular formula is C16H15NO. The summed E-state index contributed by atoms with van der Waals surface area (Å²) >= 11 is 0. The summed E-state index contributed by atoms with van der Waals surface area (Å²) < 4.78 is 5.76. The van der Waals surface area contributed by atoms with Crippen molar-refractivity contribution in [3.8, 4) is 0 Å². The fraction of sp³-hybridized carbons (Fsp3) is 0.188. The molecule has 0 saturated carbocycles. The summed E-state index contributed by atoms with van der Waals surface area (Å²) in [5, 5.41) is 0. The first kappa shape index (κ1) is 11.0. The van der Waals surface area contributed by atoms with Crippen molar-refractivity contribution in [2.75, 3.05) is 6.61 Å². The maximum absolute atomic E-state index is 5.76. The molecule has 0 aliphatic carbocycles. The third kappa shape index (κ3) is 1.90. The number of benzene rings is 2. The lowest BCUT2D eigenvalue weighted by Gasteiger charge is -2.18. The average Bonchev–Trinajstić information content (AvgIpc) is 2.85. The molecule has 0 fully saturated rings. The second-order valence-electron chi connectivity index (χ2n) is 4.71. The van der Waals surface area contributed by atoms with Gasteiger partial charge in [-0.05, 0) is 24.6 Å². The van der Waals surface area contributed by atoms with Crippen LogP contribution in [0.4, 0.5) is 0 Å². The van der Waals surface area contributed by atoms with E-state index in [1.54, 1.807) is 0 Å². The Morgan fingerprint density at radius 1 is 0.944 bits per heavy atom. The van der Waals surface area contributed by atoms with Crippen LogP contribution in [0.15, 0.2) is 65.7 Å². The second kappa shape index (κ2) is 4.30. The third-order valence-electron chi connectivity index (χ3n) is 3.25. The number of hydrogen-bond acceptors (Lipinski definition) is 2. The molecule has 2 aromatic carbocycles. The fourth-order valence-corrected chi connectivity index (χ4v) is 2.17. The Morgan fingerprint density at radius 3 is 2.22 bits per heavy atom. The number of rotatable bonds is 2. The van der Waals surface area contributed by atoms with Gasteiger partial charge in [-0.15, -0.1) is 0 Å². The van der Waals surface area contributed by atoms with E-state index >= 15 is 0 Å². The Bertz CT molecular complexity index is 562. The standard InChI is InChI=1S/C16H15NO/c1-16(14-10-6-3-7-11-14)12-18-15(17-16)13-8-4-2-5-9-13/h2-11H,12H2,1H3/t16-/m1/s1. The van der Waals surface area contributed by atoms with Crippen LogP contribution in [-0.2, 0) is 10.3 Å². The van der Waals surface area contributed by atoms with Gasteiger partial charge in [0.15, 0.2) is 0 Å². The van der Waals surface area contributed by atoms with Crippen molar-refractivity contribution in [1.82, 2.24) is 0 Å². The highest BCUT2D eigenvalue weighted by Gasteiger charge is 2.33. The molecule has 0 spiro atoms. The summed E-state index contributed by atoms with van der Waals surface area (Å²) in [6.07, 6.45) is 0. The van der Waals surface area contributed by atoms with Gasteiger partial charge in [0.2, 0.25) is 5.90 Å². The molecule has 0 bridgehead atoms. The highest BCUT2D eigenvalue weighted by Crippen LogP contribution is 2.31. The van der Waals surface area contributed by atoms with Gasteiger partial charge in [0.1, 0.15) is 12.1 Å². The minimum Gasteiger partial charge on any atom is -0.475 e. The van der Waals surface area contributed by atoms with Crippen LogP contribution in [0.5, 0.6) is 0 Å². The van der Waals surface area contributed by atoms with E-state index in [9.17, 15) is 0 Å². The summed E-state index contributed by atoms with van der Waals surface area (Å²) in [6, 6.07) is 20.3. The van der Waals surface area contributed by atoms with Crippen LogP contribution in [0, 0.1) is 0 Å². The molecule has 0 aromatic heterocycles. The van der Waals surface area contributed by atoms with E-state index in [-0.39, 0.29) is 5.54 Å². The van der Waals surface area contributed by atoms with Crippen molar-refractivity contribution < 1.29 is 4.74 Å². The maximum Gasteiger partial charge on any atom is 0.217 e. The van der Waals surface area contributed by atoms with Crippen LogP contribution in [-0.4, -0.2) is 12.5 Å². The van der Waals surface area contributed by atoms with E-state index in [0.717, 1.165) is 11.5 Å². The van der Waals surface area contributed by atoms with E-state index in [4.69, 9.17) is 9.73 Å². The normalized spacial score (nSPS) is 22.4. The molecule has 0 unspecified atom stereocenters. The second-order valence-corrected chi connectivity index (χ2v) is 4.71. The Hall–Kier alpha value is -2.09. The van der Waals surface area contributed by atoms with Crippen molar-refractivity contribution in [2.24, 2.45) is 4.99 Å². The summed E-state index contributed by atoms with van der Waals surface area (Å²) in [4.78, 5) is 4.75. The summed E-state index contributed by atoms with van der Waals surface area (Å²) in [5.74, 6) is 0.738. The van der Waals surface area contributed by atoms with Gasteiger partial charge in [0.25, 0.3) is 0 Å². The van der Waals surface area contributed by atoms with Crippen molar-refractivity contribution >= 4 is 5.90 Å². The molecule has 2 heteroatoms. The quantitative estimate of drug-likeness (QED) is 0.784. The fourth-order valence-electron chi connectivity index (χ4n) is 2.17. The van der Waals surface area contributed by atoms with Crippen molar-refractivity contribution in [2.45, 2.75) is 12.5 Å². The molecule has 1 heterocycles. The van der Waals surface area contributed by atoms with Crippen molar-refractivity contribution in [3.05, 3.63) is 71.8 Å². The first-order valence-corrected chi connectivity index (χ1v) is 6.11. The van der Waals surface area contributed by atoms with Gasteiger partial charge in [-0.2, -0.15) is 0 Å². The maximum atomic E-state index is 5.76. The average molecular weight is 237 g/mol. The largest absolute Gasteiger partial charge is 0.475 e. The molecule has 90 valence electrons. The minimum atomic E-state index is -0.271. The van der Waals surface area contributed by atoms with E-state index in [1.807, 2.05) is 48.5 Å². The van der Waals surface area contributed by atoms with Gasteiger partial charge in [-0.1, -0.05) is 48.5 Å². The van der Waals surface area contributed by atoms with Gasteiger partial charge < -0.3 is 4.74 Å². The lowest BCUT2D eigenvalue weighted by Crippen LogP contribution is -2.20. The summed E-state index contributed by atoms with van der Waals surface area (Å²) in [7, 11) is 0. The molecule has 2 aromatic rings. The Balaban J connectivity index is 1.96. The zero-order valence-electron chi connectivity index (χ0n) is 10.3. The zero-order chi connectivity index (χ0) is 12.4. The molecular weight excluding hydrogens is 222 g/mol. The van der Waals surface area contributed by atoms with Crippen LogP contribution in [0.25, 0.3) is 0 Å². The number of nitrogens with zero attached hydrogens (tertiary/aromatic N) is 1. The van der Waals surface area contributed by atoms with E-state index in [2.05, 4.69) is 19.1 Å². The van der Waals surface area contributed by atoms with Gasteiger partial charge >= 0.3 is 0 Å². The Kier molecular flexibility index (Phi) is 2.63. The van der Waals surface area contributed by atoms with Crippen LogP contribution >= 0.6 is 0 Å². The van der Waals surface area contributed by atoms with Gasteiger partial charge in [0.05, 0.1) is 0 Å². The molecule has 0 saturated heterocycles. The lowest BCUT2D eigenvalue weighted by molar-refractivity contribution is 0.269. The SMILES string of the molecule is C[C@]1(c2ccccc2)COC(c2ccccc2)=N1. The minimum absolute atomic E-state index is 0.271. The number of hydrogen-bond donors (Lipinski definition) is 0. The van der Waals surface area contributed by atoms with E-state index < -0.39 is 0 Å². The highest BCUT2D eigenvalue weighted by atomic mass is 16.5. The van der Waals surface area contributed by atoms with E-state index in [1.165, 1.54) is 5.56 Å². The predicted molar refractivity (Wildman–Crippen MR) is 72.7 cm³/mol. The van der Waals surface area contributed by atoms with Crippen LogP contribution < -0.4 is 0 Å². The number of ether oxygens (including phenoxy) is 1. The van der Waals surface area contributed by atoms with Gasteiger partial charge in [0, 0.05) is 5.56 Å². The Labute approximate surface area is 107 Å². The molecule has 1 atom stereocenters. The molecule has 1 aliphatic heterocycles.